The topological polar surface area (TPSA) is 61.8 Å². The summed E-state index contributed by atoms with van der Waals surface area (Å²) in [6.07, 6.45) is 2.02. The van der Waals surface area contributed by atoms with Crippen molar-refractivity contribution in [1.82, 2.24) is 10.2 Å². The third kappa shape index (κ3) is 3.68. The first-order valence-corrected chi connectivity index (χ1v) is 8.94. The molecule has 3 rings (SSSR count). The second-order valence-corrected chi connectivity index (χ2v) is 7.01. The third-order valence-electron chi connectivity index (χ3n) is 4.64. The molecule has 6 heteroatoms. The number of carbonyl (C=O) groups excluding carboxylic acids is 1. The molecule has 1 aliphatic heterocycles. The molecule has 0 spiro atoms. The zero-order valence-electron chi connectivity index (χ0n) is 12.7. The molecular formula is C16H24N2O3S. The van der Waals surface area contributed by atoms with E-state index in [1.54, 1.807) is 11.3 Å². The maximum atomic E-state index is 12.3. The minimum Gasteiger partial charge on any atom is -0.392 e. The number of morpholine rings is 1. The van der Waals surface area contributed by atoms with Crippen LogP contribution in [0.3, 0.4) is 0 Å². The van der Waals surface area contributed by atoms with Crippen molar-refractivity contribution < 1.29 is 14.6 Å². The van der Waals surface area contributed by atoms with Crippen LogP contribution in [0, 0.1) is 5.92 Å². The molecule has 0 radical (unpaired) electrons. The van der Waals surface area contributed by atoms with Gasteiger partial charge in [-0.2, -0.15) is 0 Å². The van der Waals surface area contributed by atoms with E-state index in [4.69, 9.17) is 4.74 Å². The van der Waals surface area contributed by atoms with Crippen molar-refractivity contribution in [3.63, 3.8) is 0 Å². The largest absolute Gasteiger partial charge is 0.392 e. The standard InChI is InChI=1S/C16H24N2O3S/c19-14-4-1-3-12(14)16(20)17-11-13(15-5-2-10-22-15)18-6-8-21-9-7-18/h2,5,10,12-14,19H,1,3-4,6-9,11H2,(H,17,20). The molecular weight excluding hydrogens is 300 g/mol. The van der Waals surface area contributed by atoms with Crippen molar-refractivity contribution in [3.8, 4) is 0 Å². The summed E-state index contributed by atoms with van der Waals surface area (Å²) in [5, 5.41) is 15.0. The Morgan fingerprint density at radius 3 is 2.91 bits per heavy atom. The van der Waals surface area contributed by atoms with Crippen LogP contribution in [-0.4, -0.2) is 54.9 Å². The van der Waals surface area contributed by atoms with Gasteiger partial charge >= 0.3 is 0 Å². The average Bonchev–Trinajstić information content (AvgIpc) is 3.20. The van der Waals surface area contributed by atoms with E-state index in [0.29, 0.717) is 6.54 Å². The van der Waals surface area contributed by atoms with Gasteiger partial charge in [-0.25, -0.2) is 0 Å². The highest BCUT2D eigenvalue weighted by molar-refractivity contribution is 7.10. The Kier molecular flexibility index (Phi) is 5.46. The lowest BCUT2D eigenvalue weighted by Gasteiger charge is -2.34. The fourth-order valence-corrected chi connectivity index (χ4v) is 4.22. The zero-order chi connectivity index (χ0) is 15.4. The molecule has 2 fully saturated rings. The Morgan fingerprint density at radius 2 is 2.27 bits per heavy atom. The number of hydrogen-bond acceptors (Lipinski definition) is 5. The number of nitrogens with zero attached hydrogens (tertiary/aromatic N) is 1. The predicted molar refractivity (Wildman–Crippen MR) is 85.8 cm³/mol. The number of nitrogens with one attached hydrogen (secondary N) is 1. The molecule has 1 aromatic rings. The number of hydrogen-bond donors (Lipinski definition) is 2. The number of rotatable bonds is 5. The molecule has 0 aromatic carbocycles. The first kappa shape index (κ1) is 15.9. The lowest BCUT2D eigenvalue weighted by Crippen LogP contribution is -2.45. The number of aliphatic hydroxyl groups is 1. The second kappa shape index (κ2) is 7.55. The van der Waals surface area contributed by atoms with Crippen molar-refractivity contribution >= 4 is 17.2 Å². The summed E-state index contributed by atoms with van der Waals surface area (Å²) in [6, 6.07) is 4.38. The maximum Gasteiger partial charge on any atom is 0.225 e. The van der Waals surface area contributed by atoms with Crippen molar-refractivity contribution in [2.45, 2.75) is 31.4 Å². The van der Waals surface area contributed by atoms with Gasteiger partial charge in [0.2, 0.25) is 5.91 Å². The quantitative estimate of drug-likeness (QED) is 0.859. The molecule has 1 saturated carbocycles. The van der Waals surface area contributed by atoms with Gasteiger partial charge in [-0.3, -0.25) is 9.69 Å². The van der Waals surface area contributed by atoms with Crippen molar-refractivity contribution in [3.05, 3.63) is 22.4 Å². The molecule has 2 aliphatic rings. The first-order chi connectivity index (χ1) is 10.8. The lowest BCUT2D eigenvalue weighted by molar-refractivity contribution is -0.127. The normalized spacial score (nSPS) is 27.7. The predicted octanol–water partition coefficient (Wildman–Crippen LogP) is 1.40. The highest BCUT2D eigenvalue weighted by atomic mass is 32.1. The summed E-state index contributed by atoms with van der Waals surface area (Å²) in [5.41, 5.74) is 0. The Labute approximate surface area is 135 Å². The molecule has 22 heavy (non-hydrogen) atoms. The number of amides is 1. The molecule has 2 heterocycles. The second-order valence-electron chi connectivity index (χ2n) is 6.03. The van der Waals surface area contributed by atoms with E-state index in [0.717, 1.165) is 45.6 Å². The van der Waals surface area contributed by atoms with E-state index < -0.39 is 6.10 Å². The fourth-order valence-electron chi connectivity index (χ4n) is 3.35. The van der Waals surface area contributed by atoms with Gasteiger partial charge in [-0.1, -0.05) is 6.07 Å². The Bertz CT molecular complexity index is 474. The van der Waals surface area contributed by atoms with Gasteiger partial charge in [0.15, 0.2) is 0 Å². The molecule has 5 nitrogen and oxygen atoms in total. The van der Waals surface area contributed by atoms with Crippen LogP contribution in [0.5, 0.6) is 0 Å². The zero-order valence-corrected chi connectivity index (χ0v) is 13.6. The van der Waals surface area contributed by atoms with Crippen LogP contribution < -0.4 is 5.32 Å². The van der Waals surface area contributed by atoms with Gasteiger partial charge < -0.3 is 15.2 Å². The van der Waals surface area contributed by atoms with Gasteiger partial charge in [-0.05, 0) is 30.7 Å². The van der Waals surface area contributed by atoms with E-state index in [9.17, 15) is 9.90 Å². The third-order valence-corrected chi connectivity index (χ3v) is 5.62. The monoisotopic (exact) mass is 324 g/mol. The maximum absolute atomic E-state index is 12.3. The van der Waals surface area contributed by atoms with Gasteiger partial charge in [0.05, 0.1) is 31.3 Å². The van der Waals surface area contributed by atoms with E-state index in [1.807, 2.05) is 0 Å². The fraction of sp³-hybridized carbons (Fsp3) is 0.688. The van der Waals surface area contributed by atoms with Gasteiger partial charge in [-0.15, -0.1) is 11.3 Å². The van der Waals surface area contributed by atoms with Crippen molar-refractivity contribution in [1.29, 1.82) is 0 Å². The molecule has 2 N–H and O–H groups in total. The average molecular weight is 324 g/mol. The van der Waals surface area contributed by atoms with Crippen molar-refractivity contribution in [2.24, 2.45) is 5.92 Å². The summed E-state index contributed by atoms with van der Waals surface area (Å²) in [6.45, 7) is 3.88. The number of aliphatic hydroxyl groups excluding tert-OH is 1. The van der Waals surface area contributed by atoms with Crippen LogP contribution >= 0.6 is 11.3 Å². The van der Waals surface area contributed by atoms with Crippen LogP contribution in [0.1, 0.15) is 30.2 Å². The smallest absolute Gasteiger partial charge is 0.225 e. The molecule has 1 amide bonds. The van der Waals surface area contributed by atoms with E-state index >= 15 is 0 Å². The van der Waals surface area contributed by atoms with Gasteiger partial charge in [0.1, 0.15) is 0 Å². The summed E-state index contributed by atoms with van der Waals surface area (Å²) in [4.78, 5) is 15.9. The molecule has 3 atom stereocenters. The van der Waals surface area contributed by atoms with Crippen LogP contribution in [0.25, 0.3) is 0 Å². The number of carbonyl (C=O) groups is 1. The molecule has 3 unspecified atom stereocenters. The summed E-state index contributed by atoms with van der Waals surface area (Å²) >= 11 is 1.73. The molecule has 0 bridgehead atoms. The summed E-state index contributed by atoms with van der Waals surface area (Å²) in [7, 11) is 0. The van der Waals surface area contributed by atoms with E-state index in [-0.39, 0.29) is 17.9 Å². The van der Waals surface area contributed by atoms with Crippen molar-refractivity contribution in [2.75, 3.05) is 32.8 Å². The lowest BCUT2D eigenvalue weighted by atomic mass is 10.0. The van der Waals surface area contributed by atoms with Gasteiger partial charge in [0.25, 0.3) is 0 Å². The van der Waals surface area contributed by atoms with Gasteiger partial charge in [0, 0.05) is 24.5 Å². The Balaban J connectivity index is 1.61. The van der Waals surface area contributed by atoms with Crippen LogP contribution in [-0.2, 0) is 9.53 Å². The minimum atomic E-state index is -0.469. The Morgan fingerprint density at radius 1 is 1.45 bits per heavy atom. The summed E-state index contributed by atoms with van der Waals surface area (Å²) in [5.74, 6) is -0.228. The highest BCUT2D eigenvalue weighted by Crippen LogP contribution is 2.27. The van der Waals surface area contributed by atoms with Crippen LogP contribution in [0.4, 0.5) is 0 Å². The highest BCUT2D eigenvalue weighted by Gasteiger charge is 2.32. The molecule has 1 aromatic heterocycles. The minimum absolute atomic E-state index is 0.000171. The first-order valence-electron chi connectivity index (χ1n) is 8.06. The summed E-state index contributed by atoms with van der Waals surface area (Å²) < 4.78 is 5.43. The molecule has 1 saturated heterocycles. The number of ether oxygens (including phenoxy) is 1. The van der Waals surface area contributed by atoms with Crippen LogP contribution in [0.15, 0.2) is 17.5 Å². The van der Waals surface area contributed by atoms with E-state index in [2.05, 4.69) is 27.7 Å². The van der Waals surface area contributed by atoms with Crippen LogP contribution in [0.2, 0.25) is 0 Å². The molecule has 1 aliphatic carbocycles. The SMILES string of the molecule is O=C(NCC(c1cccs1)N1CCOCC1)C1CCCC1O. The Hall–Kier alpha value is -0.950. The van der Waals surface area contributed by atoms with E-state index in [1.165, 1.54) is 4.88 Å². The molecule has 122 valence electrons. The number of thiophene rings is 1.